The van der Waals surface area contributed by atoms with Gasteiger partial charge in [0.25, 0.3) is 5.91 Å². The van der Waals surface area contributed by atoms with Crippen molar-refractivity contribution in [3.8, 4) is 0 Å². The summed E-state index contributed by atoms with van der Waals surface area (Å²) in [5.74, 6) is 0.355. The van der Waals surface area contributed by atoms with Crippen molar-refractivity contribution in [3.63, 3.8) is 0 Å². The normalized spacial score (nSPS) is 23.4. The molecule has 1 unspecified atom stereocenters. The van der Waals surface area contributed by atoms with E-state index in [0.29, 0.717) is 21.0 Å². The van der Waals surface area contributed by atoms with Crippen molar-refractivity contribution in [2.45, 2.75) is 38.6 Å². The number of carbonyl (C=O) groups excluding carboxylic acids is 1. The number of hydrogen-bond donors (Lipinski definition) is 1. The summed E-state index contributed by atoms with van der Waals surface area (Å²) in [5.41, 5.74) is 4.53. The van der Waals surface area contributed by atoms with E-state index in [9.17, 15) is 4.79 Å². The number of thioether (sulfide) groups is 1. The van der Waals surface area contributed by atoms with Crippen LogP contribution in [-0.4, -0.2) is 23.7 Å². The molecule has 4 nitrogen and oxygen atoms in total. The highest BCUT2D eigenvalue weighted by atomic mass is 35.5. The molecule has 0 aliphatic carbocycles. The second-order valence-corrected chi connectivity index (χ2v) is 9.72. The number of aliphatic imine (C=N–C) groups is 1. The molecule has 0 aromatic heterocycles. The molecule has 2 aromatic carbocycles. The molecule has 0 spiro atoms. The van der Waals surface area contributed by atoms with Gasteiger partial charge in [-0.2, -0.15) is 0 Å². The SMILES string of the molecule is CC1CC(C)(C)N(C)c2ccc(/C=C3\SC(=Nc4ccc(Cl)cc4)NC3=O)cc21. The molecule has 1 amide bonds. The van der Waals surface area contributed by atoms with Crippen molar-refractivity contribution in [1.29, 1.82) is 0 Å². The highest BCUT2D eigenvalue weighted by molar-refractivity contribution is 8.18. The maximum absolute atomic E-state index is 12.4. The smallest absolute Gasteiger partial charge is 0.264 e. The summed E-state index contributed by atoms with van der Waals surface area (Å²) in [4.78, 5) is 19.9. The van der Waals surface area contributed by atoms with E-state index in [1.807, 2.05) is 18.2 Å². The number of halogens is 1. The second kappa shape index (κ2) is 7.54. The summed E-state index contributed by atoms with van der Waals surface area (Å²) in [6.45, 7) is 6.84. The molecular formula is C23H24ClN3OS. The molecule has 1 saturated heterocycles. The molecule has 2 heterocycles. The molecule has 2 aliphatic heterocycles. The Morgan fingerprint density at radius 1 is 1.24 bits per heavy atom. The van der Waals surface area contributed by atoms with Crippen LogP contribution in [0.1, 0.15) is 44.2 Å². The van der Waals surface area contributed by atoms with Gasteiger partial charge in [-0.05, 0) is 91.5 Å². The van der Waals surface area contributed by atoms with Gasteiger partial charge in [0.1, 0.15) is 0 Å². The van der Waals surface area contributed by atoms with Crippen molar-refractivity contribution in [3.05, 3.63) is 63.5 Å². The monoisotopic (exact) mass is 425 g/mol. The third-order valence-electron chi connectivity index (χ3n) is 5.66. The average Bonchev–Trinajstić information content (AvgIpc) is 3.00. The van der Waals surface area contributed by atoms with Gasteiger partial charge in [0, 0.05) is 23.3 Å². The van der Waals surface area contributed by atoms with Gasteiger partial charge < -0.3 is 10.2 Å². The molecule has 2 aliphatic rings. The predicted octanol–water partition coefficient (Wildman–Crippen LogP) is 5.95. The number of amidine groups is 1. The standard InChI is InChI=1S/C23H24ClN3OS/c1-14-13-23(2,3)27(4)19-10-5-15(11-18(14)19)12-20-21(28)26-22(29-20)25-17-8-6-16(24)7-9-17/h5-12,14H,13H2,1-4H3,(H,25,26,28)/b20-12-. The van der Waals surface area contributed by atoms with Crippen LogP contribution in [0.4, 0.5) is 11.4 Å². The van der Waals surface area contributed by atoms with Crippen LogP contribution in [0.5, 0.6) is 0 Å². The zero-order valence-corrected chi connectivity index (χ0v) is 18.6. The topological polar surface area (TPSA) is 44.7 Å². The van der Waals surface area contributed by atoms with Crippen LogP contribution in [0, 0.1) is 0 Å². The average molecular weight is 426 g/mol. The van der Waals surface area contributed by atoms with Gasteiger partial charge in [0.2, 0.25) is 0 Å². The number of fused-ring (bicyclic) bond motifs is 1. The molecule has 0 radical (unpaired) electrons. The van der Waals surface area contributed by atoms with Gasteiger partial charge in [0.15, 0.2) is 5.17 Å². The van der Waals surface area contributed by atoms with E-state index in [0.717, 1.165) is 17.7 Å². The number of benzene rings is 2. The first-order chi connectivity index (χ1) is 13.7. The third kappa shape index (κ3) is 4.07. The Morgan fingerprint density at radius 3 is 2.69 bits per heavy atom. The number of carbonyl (C=O) groups is 1. The van der Waals surface area contributed by atoms with E-state index in [2.05, 4.69) is 61.2 Å². The molecule has 29 heavy (non-hydrogen) atoms. The lowest BCUT2D eigenvalue weighted by Gasteiger charge is -2.45. The lowest BCUT2D eigenvalue weighted by Crippen LogP contribution is -2.45. The zero-order chi connectivity index (χ0) is 20.8. The summed E-state index contributed by atoms with van der Waals surface area (Å²) >= 11 is 7.27. The lowest BCUT2D eigenvalue weighted by atomic mass is 9.80. The summed E-state index contributed by atoms with van der Waals surface area (Å²) in [7, 11) is 2.16. The van der Waals surface area contributed by atoms with Crippen LogP contribution >= 0.6 is 23.4 Å². The number of anilines is 1. The molecular weight excluding hydrogens is 402 g/mol. The number of rotatable bonds is 2. The van der Waals surface area contributed by atoms with Crippen LogP contribution < -0.4 is 10.2 Å². The van der Waals surface area contributed by atoms with Crippen molar-refractivity contribution in [1.82, 2.24) is 5.32 Å². The minimum Gasteiger partial charge on any atom is -0.369 e. The Bertz CT molecular complexity index is 1030. The quantitative estimate of drug-likeness (QED) is 0.604. The first kappa shape index (κ1) is 20.0. The van der Waals surface area contributed by atoms with Crippen molar-refractivity contribution >= 4 is 51.9 Å². The van der Waals surface area contributed by atoms with Gasteiger partial charge in [-0.25, -0.2) is 4.99 Å². The van der Waals surface area contributed by atoms with E-state index >= 15 is 0 Å². The van der Waals surface area contributed by atoms with Gasteiger partial charge in [-0.1, -0.05) is 24.6 Å². The number of nitrogens with zero attached hydrogens (tertiary/aromatic N) is 2. The van der Waals surface area contributed by atoms with Gasteiger partial charge in [0.05, 0.1) is 10.6 Å². The van der Waals surface area contributed by atoms with E-state index in [1.165, 1.54) is 23.0 Å². The number of amides is 1. The fourth-order valence-electron chi connectivity index (χ4n) is 3.95. The number of hydrogen-bond acceptors (Lipinski definition) is 4. The minimum absolute atomic E-state index is 0.119. The van der Waals surface area contributed by atoms with Crippen LogP contribution in [-0.2, 0) is 4.79 Å². The molecule has 1 atom stereocenters. The molecule has 1 N–H and O–H groups in total. The molecule has 6 heteroatoms. The second-order valence-electron chi connectivity index (χ2n) is 8.25. The predicted molar refractivity (Wildman–Crippen MR) is 124 cm³/mol. The van der Waals surface area contributed by atoms with Crippen LogP contribution in [0.25, 0.3) is 6.08 Å². The first-order valence-corrected chi connectivity index (χ1v) is 10.9. The maximum Gasteiger partial charge on any atom is 0.264 e. The van der Waals surface area contributed by atoms with Crippen molar-refractivity contribution in [2.75, 3.05) is 11.9 Å². The minimum atomic E-state index is -0.119. The molecule has 0 saturated carbocycles. The van der Waals surface area contributed by atoms with Gasteiger partial charge in [-0.3, -0.25) is 4.79 Å². The van der Waals surface area contributed by atoms with Crippen molar-refractivity contribution in [2.24, 2.45) is 4.99 Å². The van der Waals surface area contributed by atoms with Crippen LogP contribution in [0.15, 0.2) is 52.4 Å². The molecule has 1 fully saturated rings. The van der Waals surface area contributed by atoms with E-state index < -0.39 is 0 Å². The highest BCUT2D eigenvalue weighted by Crippen LogP contribution is 2.43. The number of nitrogens with one attached hydrogen (secondary N) is 1. The molecule has 2 aromatic rings. The van der Waals surface area contributed by atoms with Crippen LogP contribution in [0.3, 0.4) is 0 Å². The maximum atomic E-state index is 12.4. The molecule has 4 rings (SSSR count). The Balaban J connectivity index is 1.59. The summed E-state index contributed by atoms with van der Waals surface area (Å²) in [6, 6.07) is 13.7. The zero-order valence-electron chi connectivity index (χ0n) is 17.0. The van der Waals surface area contributed by atoms with Crippen LogP contribution in [0.2, 0.25) is 5.02 Å². The summed E-state index contributed by atoms with van der Waals surface area (Å²) < 4.78 is 0. The van der Waals surface area contributed by atoms with E-state index in [1.54, 1.807) is 12.1 Å². The lowest BCUT2D eigenvalue weighted by molar-refractivity contribution is -0.115. The first-order valence-electron chi connectivity index (χ1n) is 9.66. The third-order valence-corrected chi connectivity index (χ3v) is 6.83. The largest absolute Gasteiger partial charge is 0.369 e. The Labute approximate surface area is 181 Å². The molecule has 0 bridgehead atoms. The Kier molecular flexibility index (Phi) is 5.21. The summed E-state index contributed by atoms with van der Waals surface area (Å²) in [5, 5.41) is 4.08. The summed E-state index contributed by atoms with van der Waals surface area (Å²) in [6.07, 6.45) is 3.04. The Hall–Kier alpha value is -2.24. The van der Waals surface area contributed by atoms with Gasteiger partial charge in [-0.15, -0.1) is 0 Å². The highest BCUT2D eigenvalue weighted by Gasteiger charge is 2.34. The van der Waals surface area contributed by atoms with E-state index in [-0.39, 0.29) is 11.4 Å². The molecule has 150 valence electrons. The fourth-order valence-corrected chi connectivity index (χ4v) is 4.92. The van der Waals surface area contributed by atoms with Gasteiger partial charge >= 0.3 is 0 Å². The Morgan fingerprint density at radius 2 is 1.97 bits per heavy atom. The fraction of sp³-hybridized carbons (Fsp3) is 0.304. The van der Waals surface area contributed by atoms with E-state index in [4.69, 9.17) is 11.6 Å². The van der Waals surface area contributed by atoms with Crippen molar-refractivity contribution < 1.29 is 4.79 Å².